The first-order valence-corrected chi connectivity index (χ1v) is 8.18. The second-order valence-electron chi connectivity index (χ2n) is 6.03. The Balaban J connectivity index is 2.38. The zero-order valence-corrected chi connectivity index (χ0v) is 15.6. The molecule has 0 aliphatic carbocycles. The number of carbonyl (C=O) groups excluding carboxylic acids is 1. The average Bonchev–Trinajstić information content (AvgIpc) is 2.65. The van der Waals surface area contributed by atoms with Gasteiger partial charge in [-0.15, -0.1) is 0 Å². The summed E-state index contributed by atoms with van der Waals surface area (Å²) in [5.41, 5.74) is 0.904. The van der Waals surface area contributed by atoms with E-state index in [4.69, 9.17) is 4.74 Å². The first kappa shape index (κ1) is 25.2. The van der Waals surface area contributed by atoms with Crippen LogP contribution < -0.4 is 9.47 Å². The van der Waals surface area contributed by atoms with Gasteiger partial charge in [0.1, 0.15) is 11.5 Å². The predicted octanol–water partition coefficient (Wildman–Crippen LogP) is 5.84. The Bertz CT molecular complexity index is 922. The van der Waals surface area contributed by atoms with Crippen molar-refractivity contribution in [1.82, 2.24) is 4.90 Å². The van der Waals surface area contributed by atoms with Gasteiger partial charge < -0.3 is 9.47 Å². The zero-order chi connectivity index (χ0) is 24.5. The van der Waals surface area contributed by atoms with Crippen LogP contribution in [0.25, 0.3) is 11.1 Å². The van der Waals surface area contributed by atoms with Gasteiger partial charge >= 0.3 is 30.5 Å². The molecule has 0 amide bonds. The predicted molar refractivity (Wildman–Crippen MR) is 87.9 cm³/mol. The van der Waals surface area contributed by atoms with E-state index in [-0.39, 0.29) is 0 Å². The standard InChI is InChI=1S/C18H11F10NO3/c1-31-12-6-2-10(3-7-12)11-4-8-13(9-5-11)32-14(30)15(19,16(20,21)22)29(17(23,24)25)18(26,27)28/h2-9H,1H3. The molecule has 4 nitrogen and oxygen atoms in total. The van der Waals surface area contributed by atoms with Crippen LogP contribution in [0.15, 0.2) is 48.5 Å². The molecule has 176 valence electrons. The summed E-state index contributed by atoms with van der Waals surface area (Å²) in [5.74, 6) is -10.5. The van der Waals surface area contributed by atoms with E-state index in [9.17, 15) is 48.7 Å². The number of hydrogen-bond acceptors (Lipinski definition) is 4. The van der Waals surface area contributed by atoms with Crippen molar-refractivity contribution >= 4 is 5.97 Å². The summed E-state index contributed by atoms with van der Waals surface area (Å²) in [6, 6.07) is 9.99. The summed E-state index contributed by atoms with van der Waals surface area (Å²) in [6.45, 7) is 0. The molecule has 14 heteroatoms. The van der Waals surface area contributed by atoms with Crippen LogP contribution in [0, 0.1) is 0 Å². The van der Waals surface area contributed by atoms with Gasteiger partial charge in [0.2, 0.25) is 0 Å². The number of halogens is 10. The van der Waals surface area contributed by atoms with Crippen LogP contribution in [0.2, 0.25) is 0 Å². The first-order valence-electron chi connectivity index (χ1n) is 8.18. The number of methoxy groups -OCH3 is 1. The quantitative estimate of drug-likeness (QED) is 0.234. The van der Waals surface area contributed by atoms with Gasteiger partial charge in [-0.3, -0.25) is 0 Å². The molecular weight excluding hydrogens is 468 g/mol. The lowest BCUT2D eigenvalue weighted by atomic mass is 10.1. The maximum absolute atomic E-state index is 14.3. The third-order valence-electron chi connectivity index (χ3n) is 3.95. The Morgan fingerprint density at radius 3 is 1.38 bits per heavy atom. The third-order valence-corrected chi connectivity index (χ3v) is 3.95. The van der Waals surface area contributed by atoms with Gasteiger partial charge in [-0.2, -0.15) is 39.5 Å². The lowest BCUT2D eigenvalue weighted by Gasteiger charge is -2.37. The fourth-order valence-corrected chi connectivity index (χ4v) is 2.50. The molecule has 0 bridgehead atoms. The van der Waals surface area contributed by atoms with Gasteiger partial charge in [-0.25, -0.2) is 9.18 Å². The highest BCUT2D eigenvalue weighted by Crippen LogP contribution is 2.48. The Kier molecular flexibility index (Phi) is 6.69. The van der Waals surface area contributed by atoms with Crippen LogP contribution in [-0.4, -0.2) is 42.5 Å². The number of carbonyl (C=O) groups is 1. The van der Waals surface area contributed by atoms with E-state index in [1.54, 1.807) is 24.3 Å². The first-order chi connectivity index (χ1) is 14.5. The molecule has 2 rings (SSSR count). The van der Waals surface area contributed by atoms with Crippen LogP contribution in [-0.2, 0) is 4.79 Å². The Morgan fingerprint density at radius 1 is 0.688 bits per heavy atom. The molecule has 0 aliphatic rings. The Morgan fingerprint density at radius 2 is 1.06 bits per heavy atom. The second kappa shape index (κ2) is 8.48. The van der Waals surface area contributed by atoms with Gasteiger partial charge in [0, 0.05) is 0 Å². The lowest BCUT2D eigenvalue weighted by Crippen LogP contribution is -2.70. The van der Waals surface area contributed by atoms with Crippen molar-refractivity contribution in [3.8, 4) is 22.6 Å². The van der Waals surface area contributed by atoms with Crippen LogP contribution in [0.5, 0.6) is 11.5 Å². The molecule has 0 spiro atoms. The molecule has 0 saturated heterocycles. The van der Waals surface area contributed by atoms with E-state index in [0.29, 0.717) is 16.9 Å². The van der Waals surface area contributed by atoms with E-state index in [2.05, 4.69) is 4.74 Å². The molecule has 0 aliphatic heterocycles. The Labute approximate surface area is 172 Å². The minimum atomic E-state index is -6.96. The van der Waals surface area contributed by atoms with Gasteiger partial charge in [0.15, 0.2) is 0 Å². The molecule has 0 radical (unpaired) electrons. The normalized spacial score (nSPS) is 14.8. The van der Waals surface area contributed by atoms with Crippen molar-refractivity contribution in [2.24, 2.45) is 0 Å². The molecule has 0 heterocycles. The van der Waals surface area contributed by atoms with Crippen LogP contribution in [0.3, 0.4) is 0 Å². The second-order valence-corrected chi connectivity index (χ2v) is 6.03. The lowest BCUT2D eigenvalue weighted by molar-refractivity contribution is -0.446. The van der Waals surface area contributed by atoms with Gasteiger partial charge in [-0.05, 0) is 35.4 Å². The number of hydrogen-bond donors (Lipinski definition) is 0. The number of benzene rings is 2. The minimum Gasteiger partial charge on any atom is -0.497 e. The average molecular weight is 479 g/mol. The minimum absolute atomic E-state index is 0.377. The van der Waals surface area contributed by atoms with E-state index >= 15 is 0 Å². The number of nitrogens with zero attached hydrogens (tertiary/aromatic N) is 1. The number of rotatable bonds is 5. The van der Waals surface area contributed by atoms with E-state index in [1.807, 2.05) is 0 Å². The third kappa shape index (κ3) is 5.06. The summed E-state index contributed by atoms with van der Waals surface area (Å²) >= 11 is 0. The van der Waals surface area contributed by atoms with Gasteiger partial charge in [-0.1, -0.05) is 29.2 Å². The number of esters is 1. The molecular formula is C18H11F10NO3. The van der Waals surface area contributed by atoms with Crippen molar-refractivity contribution in [1.29, 1.82) is 0 Å². The van der Waals surface area contributed by atoms with Crippen molar-refractivity contribution < 1.29 is 58.2 Å². The molecule has 32 heavy (non-hydrogen) atoms. The SMILES string of the molecule is COc1ccc(-c2ccc(OC(=O)C(F)(N(C(F)(F)F)C(F)(F)F)C(F)(F)F)cc2)cc1. The van der Waals surface area contributed by atoms with Crippen molar-refractivity contribution in [2.45, 2.75) is 24.6 Å². The highest BCUT2D eigenvalue weighted by molar-refractivity contribution is 5.82. The largest absolute Gasteiger partial charge is 0.497 e. The summed E-state index contributed by atoms with van der Waals surface area (Å²) in [5, 5.41) is 0. The number of ether oxygens (including phenoxy) is 2. The van der Waals surface area contributed by atoms with E-state index in [0.717, 1.165) is 24.3 Å². The molecule has 1 atom stereocenters. The van der Waals surface area contributed by atoms with E-state index in [1.165, 1.54) is 7.11 Å². The maximum atomic E-state index is 14.3. The molecule has 0 aromatic heterocycles. The smallest absolute Gasteiger partial charge is 0.470 e. The monoisotopic (exact) mass is 479 g/mol. The van der Waals surface area contributed by atoms with Gasteiger partial charge in [0.25, 0.3) is 0 Å². The van der Waals surface area contributed by atoms with E-state index < -0.39 is 41.2 Å². The number of alkyl halides is 10. The molecule has 0 fully saturated rings. The molecule has 2 aromatic rings. The molecule has 1 unspecified atom stereocenters. The fourth-order valence-electron chi connectivity index (χ4n) is 2.50. The molecule has 2 aromatic carbocycles. The van der Waals surface area contributed by atoms with Crippen molar-refractivity contribution in [3.63, 3.8) is 0 Å². The highest BCUT2D eigenvalue weighted by Gasteiger charge is 2.79. The summed E-state index contributed by atoms with van der Waals surface area (Å²) in [6.07, 6.45) is -20.9. The molecule has 0 saturated carbocycles. The maximum Gasteiger partial charge on any atom is 0.470 e. The summed E-state index contributed by atoms with van der Waals surface area (Å²) < 4.78 is 138. The summed E-state index contributed by atoms with van der Waals surface area (Å²) in [7, 11) is 1.41. The molecule has 0 N–H and O–H groups in total. The van der Waals surface area contributed by atoms with Crippen molar-refractivity contribution in [3.05, 3.63) is 48.5 Å². The van der Waals surface area contributed by atoms with Crippen LogP contribution in [0.1, 0.15) is 0 Å². The van der Waals surface area contributed by atoms with Crippen LogP contribution >= 0.6 is 0 Å². The van der Waals surface area contributed by atoms with Gasteiger partial charge in [0.05, 0.1) is 7.11 Å². The topological polar surface area (TPSA) is 38.8 Å². The Hall–Kier alpha value is -3.03. The zero-order valence-electron chi connectivity index (χ0n) is 15.6. The summed E-state index contributed by atoms with van der Waals surface area (Å²) in [4.78, 5) is 8.17. The van der Waals surface area contributed by atoms with Crippen LogP contribution in [0.4, 0.5) is 43.9 Å². The fraction of sp³-hybridized carbons (Fsp3) is 0.278. The van der Waals surface area contributed by atoms with Crippen molar-refractivity contribution in [2.75, 3.05) is 7.11 Å². The highest BCUT2D eigenvalue weighted by atomic mass is 19.4.